The number of carbonyl (C=O) groups excluding carboxylic acids is 2. The molecule has 7 heteroatoms. The second-order valence-corrected chi connectivity index (χ2v) is 7.28. The molecule has 0 saturated carbocycles. The van der Waals surface area contributed by atoms with E-state index >= 15 is 0 Å². The molecule has 1 aromatic carbocycles. The average Bonchev–Trinajstić information content (AvgIpc) is 3.01. The van der Waals surface area contributed by atoms with Crippen LogP contribution >= 0.6 is 0 Å². The number of ether oxygens (including phenoxy) is 3. The Labute approximate surface area is 147 Å². The molecule has 1 fully saturated rings. The summed E-state index contributed by atoms with van der Waals surface area (Å²) in [5.74, 6) is 0.977. The van der Waals surface area contributed by atoms with E-state index in [0.717, 1.165) is 0 Å². The van der Waals surface area contributed by atoms with Crippen molar-refractivity contribution in [3.63, 3.8) is 0 Å². The number of fused-ring (bicyclic) bond motifs is 1. The van der Waals surface area contributed by atoms with Gasteiger partial charge in [-0.2, -0.15) is 0 Å². The molecule has 1 N–H and O–H groups in total. The van der Waals surface area contributed by atoms with Crippen LogP contribution in [0.5, 0.6) is 11.5 Å². The zero-order chi connectivity index (χ0) is 18.0. The maximum absolute atomic E-state index is 12.4. The monoisotopic (exact) mass is 348 g/mol. The molecule has 2 atom stereocenters. The Bertz CT molecular complexity index is 655. The van der Waals surface area contributed by atoms with Crippen molar-refractivity contribution in [3.05, 3.63) is 24.3 Å². The van der Waals surface area contributed by atoms with Gasteiger partial charge in [0.25, 0.3) is 5.91 Å². The first-order valence-electron chi connectivity index (χ1n) is 8.48. The van der Waals surface area contributed by atoms with Crippen LogP contribution < -0.4 is 14.8 Å². The van der Waals surface area contributed by atoms with Crippen molar-refractivity contribution in [2.75, 3.05) is 19.7 Å². The van der Waals surface area contributed by atoms with Gasteiger partial charge in [0.2, 0.25) is 6.10 Å². The molecule has 0 radical (unpaired) electrons. The lowest BCUT2D eigenvalue weighted by molar-refractivity contribution is -0.131. The van der Waals surface area contributed by atoms with Gasteiger partial charge >= 0.3 is 6.09 Å². The van der Waals surface area contributed by atoms with Crippen LogP contribution in [-0.2, 0) is 9.53 Å². The minimum atomic E-state index is -0.689. The number of amides is 2. The summed E-state index contributed by atoms with van der Waals surface area (Å²) in [6, 6.07) is 7.15. The van der Waals surface area contributed by atoms with Crippen LogP contribution in [0.2, 0.25) is 0 Å². The van der Waals surface area contributed by atoms with Gasteiger partial charge in [-0.1, -0.05) is 12.1 Å². The van der Waals surface area contributed by atoms with Gasteiger partial charge in [0.15, 0.2) is 11.5 Å². The summed E-state index contributed by atoms with van der Waals surface area (Å²) in [4.78, 5) is 26.1. The molecular formula is C18H24N2O5. The van der Waals surface area contributed by atoms with Crippen LogP contribution in [0.1, 0.15) is 27.2 Å². The zero-order valence-electron chi connectivity index (χ0n) is 14.8. The molecule has 2 heterocycles. The van der Waals surface area contributed by atoms with Crippen LogP contribution in [0.15, 0.2) is 24.3 Å². The van der Waals surface area contributed by atoms with Crippen molar-refractivity contribution in [1.29, 1.82) is 0 Å². The van der Waals surface area contributed by atoms with E-state index in [0.29, 0.717) is 31.0 Å². The van der Waals surface area contributed by atoms with Crippen LogP contribution in [0.25, 0.3) is 0 Å². The minimum absolute atomic E-state index is 0.110. The highest BCUT2D eigenvalue weighted by molar-refractivity contribution is 5.82. The van der Waals surface area contributed by atoms with E-state index in [1.807, 2.05) is 32.9 Å². The maximum atomic E-state index is 12.4. The lowest BCUT2D eigenvalue weighted by Crippen LogP contribution is -2.48. The number of nitrogens with zero attached hydrogens (tertiary/aromatic N) is 1. The first kappa shape index (κ1) is 17.4. The van der Waals surface area contributed by atoms with Gasteiger partial charge in [-0.05, 0) is 39.3 Å². The first-order chi connectivity index (χ1) is 11.8. The van der Waals surface area contributed by atoms with E-state index in [2.05, 4.69) is 5.32 Å². The molecule has 0 spiro atoms. The molecule has 2 aliphatic rings. The second kappa shape index (κ2) is 6.82. The SMILES string of the molecule is CC(C)(C)OC(=O)N1CCC(NC(=O)[C@@H]2COc3ccccc3O2)C1. The van der Waals surface area contributed by atoms with E-state index in [1.165, 1.54) is 0 Å². The summed E-state index contributed by atoms with van der Waals surface area (Å²) in [5, 5.41) is 2.93. The van der Waals surface area contributed by atoms with Crippen molar-refractivity contribution in [1.82, 2.24) is 10.2 Å². The Morgan fingerprint density at radius 2 is 1.96 bits per heavy atom. The second-order valence-electron chi connectivity index (χ2n) is 7.28. The molecule has 0 aliphatic carbocycles. The number of rotatable bonds is 2. The van der Waals surface area contributed by atoms with Crippen molar-refractivity contribution in [2.45, 2.75) is 44.9 Å². The van der Waals surface area contributed by atoms with E-state index < -0.39 is 11.7 Å². The molecule has 2 aliphatic heterocycles. The Balaban J connectivity index is 1.50. The van der Waals surface area contributed by atoms with E-state index in [1.54, 1.807) is 17.0 Å². The molecule has 0 bridgehead atoms. The number of para-hydroxylation sites is 2. The number of benzene rings is 1. The molecule has 3 rings (SSSR count). The molecule has 1 aromatic rings. The first-order valence-corrected chi connectivity index (χ1v) is 8.48. The number of carbonyl (C=O) groups is 2. The fourth-order valence-corrected chi connectivity index (χ4v) is 2.81. The predicted octanol–water partition coefficient (Wildman–Crippen LogP) is 1.95. The summed E-state index contributed by atoms with van der Waals surface area (Å²) >= 11 is 0. The van der Waals surface area contributed by atoms with Crippen molar-refractivity contribution in [3.8, 4) is 11.5 Å². The van der Waals surface area contributed by atoms with Gasteiger partial charge in [0.05, 0.1) is 0 Å². The third-order valence-corrected chi connectivity index (χ3v) is 3.99. The quantitative estimate of drug-likeness (QED) is 0.884. The Morgan fingerprint density at radius 3 is 2.68 bits per heavy atom. The molecule has 136 valence electrons. The summed E-state index contributed by atoms with van der Waals surface area (Å²) < 4.78 is 16.6. The fraction of sp³-hybridized carbons (Fsp3) is 0.556. The minimum Gasteiger partial charge on any atom is -0.485 e. The summed E-state index contributed by atoms with van der Waals surface area (Å²) in [5.41, 5.74) is -0.529. The van der Waals surface area contributed by atoms with Gasteiger partial charge in [-0.25, -0.2) is 4.79 Å². The van der Waals surface area contributed by atoms with Gasteiger partial charge in [0.1, 0.15) is 12.2 Å². The maximum Gasteiger partial charge on any atom is 0.410 e. The fourth-order valence-electron chi connectivity index (χ4n) is 2.81. The van der Waals surface area contributed by atoms with Gasteiger partial charge in [0, 0.05) is 19.1 Å². The van der Waals surface area contributed by atoms with E-state index in [9.17, 15) is 9.59 Å². The van der Waals surface area contributed by atoms with Crippen LogP contribution in [0, 0.1) is 0 Å². The molecule has 25 heavy (non-hydrogen) atoms. The average molecular weight is 348 g/mol. The zero-order valence-corrected chi connectivity index (χ0v) is 14.8. The van der Waals surface area contributed by atoms with Gasteiger partial charge in [-0.3, -0.25) is 4.79 Å². The summed E-state index contributed by atoms with van der Waals surface area (Å²) in [6.07, 6.45) is -0.351. The highest BCUT2D eigenvalue weighted by Crippen LogP contribution is 2.31. The third kappa shape index (κ3) is 4.35. The third-order valence-electron chi connectivity index (χ3n) is 3.99. The summed E-state index contributed by atoms with van der Waals surface area (Å²) in [7, 11) is 0. The van der Waals surface area contributed by atoms with Crippen LogP contribution in [-0.4, -0.2) is 54.3 Å². The normalized spacial score (nSPS) is 22.4. The number of hydrogen-bond donors (Lipinski definition) is 1. The lowest BCUT2D eigenvalue weighted by atomic mass is 10.2. The molecule has 1 unspecified atom stereocenters. The number of hydrogen-bond acceptors (Lipinski definition) is 5. The number of likely N-dealkylation sites (tertiary alicyclic amines) is 1. The Morgan fingerprint density at radius 1 is 1.24 bits per heavy atom. The molecule has 2 amide bonds. The van der Waals surface area contributed by atoms with Crippen LogP contribution in [0.3, 0.4) is 0 Å². The highest BCUT2D eigenvalue weighted by atomic mass is 16.6. The van der Waals surface area contributed by atoms with Gasteiger partial charge < -0.3 is 24.4 Å². The predicted molar refractivity (Wildman–Crippen MR) is 90.7 cm³/mol. The summed E-state index contributed by atoms with van der Waals surface area (Å²) in [6.45, 7) is 6.66. The Hall–Kier alpha value is -2.44. The topological polar surface area (TPSA) is 77.1 Å². The molecule has 7 nitrogen and oxygen atoms in total. The smallest absolute Gasteiger partial charge is 0.410 e. The molecule has 1 saturated heterocycles. The standard InChI is InChI=1S/C18H24N2O5/c1-18(2,3)25-17(22)20-9-8-12(10-20)19-16(21)15-11-23-13-6-4-5-7-14(13)24-15/h4-7,12,15H,8-11H2,1-3H3,(H,19,21)/t12?,15-/m0/s1. The van der Waals surface area contributed by atoms with Gasteiger partial charge in [-0.15, -0.1) is 0 Å². The van der Waals surface area contributed by atoms with Crippen molar-refractivity contribution in [2.24, 2.45) is 0 Å². The van der Waals surface area contributed by atoms with E-state index in [-0.39, 0.29) is 24.6 Å². The molecule has 0 aromatic heterocycles. The number of nitrogens with one attached hydrogen (secondary N) is 1. The highest BCUT2D eigenvalue weighted by Gasteiger charge is 2.33. The van der Waals surface area contributed by atoms with E-state index in [4.69, 9.17) is 14.2 Å². The van der Waals surface area contributed by atoms with Crippen molar-refractivity contribution >= 4 is 12.0 Å². The lowest BCUT2D eigenvalue weighted by Gasteiger charge is -2.27. The largest absolute Gasteiger partial charge is 0.485 e. The van der Waals surface area contributed by atoms with Crippen LogP contribution in [0.4, 0.5) is 4.79 Å². The Kier molecular flexibility index (Phi) is 4.74. The molecular weight excluding hydrogens is 324 g/mol. The van der Waals surface area contributed by atoms with Crippen molar-refractivity contribution < 1.29 is 23.8 Å².